The summed E-state index contributed by atoms with van der Waals surface area (Å²) < 4.78 is 0. The van der Waals surface area contributed by atoms with E-state index in [1.54, 1.807) is 0 Å². The highest BCUT2D eigenvalue weighted by molar-refractivity contribution is 5.87. The van der Waals surface area contributed by atoms with Crippen LogP contribution in [0.2, 0.25) is 0 Å². The molecule has 0 radical (unpaired) electrons. The second-order valence-electron chi connectivity index (χ2n) is 13.3. The van der Waals surface area contributed by atoms with Crippen LogP contribution in [-0.4, -0.2) is 6.54 Å². The lowest BCUT2D eigenvalue weighted by Crippen LogP contribution is -2.23. The lowest BCUT2D eigenvalue weighted by atomic mass is 9.85. The molecule has 1 nitrogen and oxygen atoms in total. The fraction of sp³-hybridized carbons (Fsp3) is 0.244. The third-order valence-electron chi connectivity index (χ3n) is 10.3. The molecule has 2 aliphatic rings. The van der Waals surface area contributed by atoms with Gasteiger partial charge in [0.1, 0.15) is 0 Å². The number of rotatable bonds is 7. The van der Waals surface area contributed by atoms with Gasteiger partial charge in [0.2, 0.25) is 0 Å². The largest absolute Gasteiger partial charge is 0.341 e. The number of anilines is 2. The Morgan fingerprint density at radius 3 is 2.35 bits per heavy atom. The Balaban J connectivity index is 1.20. The van der Waals surface area contributed by atoms with E-state index < -0.39 is 0 Å². The molecule has 0 amide bonds. The predicted molar refractivity (Wildman–Crippen MR) is 198 cm³/mol. The van der Waals surface area contributed by atoms with Gasteiger partial charge in [0.15, 0.2) is 0 Å². The van der Waals surface area contributed by atoms with Crippen molar-refractivity contribution in [2.24, 2.45) is 0 Å². The molecule has 0 spiro atoms. The molecule has 7 rings (SSSR count). The molecule has 230 valence electrons. The highest BCUT2D eigenvalue weighted by Gasteiger charge is 2.23. The summed E-state index contributed by atoms with van der Waals surface area (Å²) in [6, 6.07) is 41.6. The molecular formula is C45H45N. The van der Waals surface area contributed by atoms with Crippen molar-refractivity contribution in [2.45, 2.75) is 65.7 Å². The number of allylic oxidation sites excluding steroid dienone is 1. The quantitative estimate of drug-likeness (QED) is 0.180. The molecule has 1 heterocycles. The molecule has 5 aromatic rings. The minimum Gasteiger partial charge on any atom is -0.341 e. The van der Waals surface area contributed by atoms with Crippen LogP contribution in [0.4, 0.5) is 11.4 Å². The van der Waals surface area contributed by atoms with Crippen molar-refractivity contribution in [3.63, 3.8) is 0 Å². The molecule has 0 N–H and O–H groups in total. The van der Waals surface area contributed by atoms with Gasteiger partial charge in [-0.15, -0.1) is 0 Å². The molecule has 0 saturated carbocycles. The molecule has 1 aliphatic heterocycles. The summed E-state index contributed by atoms with van der Waals surface area (Å²) >= 11 is 0. The van der Waals surface area contributed by atoms with Gasteiger partial charge in [0.05, 0.1) is 0 Å². The first-order chi connectivity index (χ1) is 22.5. The Morgan fingerprint density at radius 1 is 0.674 bits per heavy atom. The SMILES string of the molecule is CCN1c2ccc(CC(CCc3ccc4cc5c(cccc5ccc3C)CC=C4)c3ccccc3)cc2Cc2cc(C)c(C)cc21. The van der Waals surface area contributed by atoms with Gasteiger partial charge in [0, 0.05) is 24.3 Å². The van der Waals surface area contributed by atoms with Crippen molar-refractivity contribution in [1.29, 1.82) is 0 Å². The van der Waals surface area contributed by atoms with E-state index in [1.807, 2.05) is 0 Å². The monoisotopic (exact) mass is 599 g/mol. The zero-order valence-electron chi connectivity index (χ0n) is 27.8. The number of hydrogen-bond acceptors (Lipinski definition) is 1. The fourth-order valence-corrected chi connectivity index (χ4v) is 7.53. The first-order valence-corrected chi connectivity index (χ1v) is 17.1. The predicted octanol–water partition coefficient (Wildman–Crippen LogP) is 11.5. The zero-order valence-corrected chi connectivity index (χ0v) is 27.8. The molecule has 0 fully saturated rings. The van der Waals surface area contributed by atoms with Crippen molar-refractivity contribution >= 4 is 28.2 Å². The van der Waals surface area contributed by atoms with Crippen molar-refractivity contribution < 1.29 is 0 Å². The average Bonchev–Trinajstić information content (AvgIpc) is 3.29. The number of benzene rings is 4. The molecule has 5 aromatic carbocycles. The van der Waals surface area contributed by atoms with Gasteiger partial charge in [-0.1, -0.05) is 103 Å². The summed E-state index contributed by atoms with van der Waals surface area (Å²) in [7, 11) is 0. The van der Waals surface area contributed by atoms with Crippen molar-refractivity contribution in [3.05, 3.63) is 171 Å². The van der Waals surface area contributed by atoms with Crippen LogP contribution >= 0.6 is 0 Å². The van der Waals surface area contributed by atoms with E-state index in [-0.39, 0.29) is 0 Å². The van der Waals surface area contributed by atoms with Gasteiger partial charge in [-0.05, 0) is 144 Å². The van der Waals surface area contributed by atoms with Crippen LogP contribution in [0.1, 0.15) is 74.9 Å². The van der Waals surface area contributed by atoms with Crippen molar-refractivity contribution in [1.82, 2.24) is 0 Å². The molecule has 1 atom stereocenters. The smallest absolute Gasteiger partial charge is 0.0449 e. The van der Waals surface area contributed by atoms with Gasteiger partial charge in [-0.3, -0.25) is 0 Å². The molecule has 2 bridgehead atoms. The minimum absolute atomic E-state index is 0.440. The summed E-state index contributed by atoms with van der Waals surface area (Å²) in [6.45, 7) is 9.99. The van der Waals surface area contributed by atoms with Gasteiger partial charge >= 0.3 is 0 Å². The maximum atomic E-state index is 2.51. The van der Waals surface area contributed by atoms with Crippen LogP contribution in [-0.2, 0) is 25.7 Å². The van der Waals surface area contributed by atoms with Crippen LogP contribution in [0.5, 0.6) is 0 Å². The van der Waals surface area contributed by atoms with E-state index in [4.69, 9.17) is 0 Å². The summed E-state index contributed by atoms with van der Waals surface area (Å²) in [5.74, 6) is 0.440. The molecule has 1 heteroatoms. The maximum absolute atomic E-state index is 2.51. The summed E-state index contributed by atoms with van der Waals surface area (Å²) in [5, 5.41) is 2.65. The average molecular weight is 600 g/mol. The first kappa shape index (κ1) is 30.1. The number of aryl methyl sites for hydroxylation is 4. The Morgan fingerprint density at radius 2 is 1.50 bits per heavy atom. The topological polar surface area (TPSA) is 3.24 Å². The highest BCUT2D eigenvalue weighted by Crippen LogP contribution is 2.41. The Kier molecular flexibility index (Phi) is 8.50. The van der Waals surface area contributed by atoms with Crippen LogP contribution < -0.4 is 4.90 Å². The number of nitrogens with zero attached hydrogens (tertiary/aromatic N) is 1. The molecule has 1 unspecified atom stereocenters. The normalized spacial score (nSPS) is 13.6. The molecule has 0 saturated heterocycles. The molecule has 0 aromatic heterocycles. The van der Waals surface area contributed by atoms with Gasteiger partial charge in [-0.2, -0.15) is 0 Å². The number of fused-ring (bicyclic) bond motifs is 3. The van der Waals surface area contributed by atoms with Gasteiger partial charge in [0.25, 0.3) is 0 Å². The van der Waals surface area contributed by atoms with Gasteiger partial charge in [-0.25, -0.2) is 0 Å². The van der Waals surface area contributed by atoms with Crippen molar-refractivity contribution in [3.8, 4) is 0 Å². The second kappa shape index (κ2) is 13.0. The van der Waals surface area contributed by atoms with E-state index in [0.29, 0.717) is 5.92 Å². The first-order valence-electron chi connectivity index (χ1n) is 17.1. The van der Waals surface area contributed by atoms with E-state index >= 15 is 0 Å². The van der Waals surface area contributed by atoms with Crippen LogP contribution in [0.15, 0.2) is 115 Å². The third-order valence-corrected chi connectivity index (χ3v) is 10.3. The summed E-state index contributed by atoms with van der Waals surface area (Å²) in [4.78, 5) is 2.51. The second-order valence-corrected chi connectivity index (χ2v) is 13.3. The van der Waals surface area contributed by atoms with E-state index in [0.717, 1.165) is 38.6 Å². The molecule has 1 aliphatic carbocycles. The summed E-state index contributed by atoms with van der Waals surface area (Å²) in [5.41, 5.74) is 16.7. The van der Waals surface area contributed by atoms with E-state index in [2.05, 4.69) is 154 Å². The molecule has 46 heavy (non-hydrogen) atoms. The minimum atomic E-state index is 0.440. The standard InChI is InChI=1S/C45H45N/c1-5-46-44-24-19-35(28-42(44)30-41-25-32(3)33(4)26-45(41)46)27-40(37-12-7-6-8-13-37)23-22-36-21-18-34-11-9-14-38-15-10-16-39(43(38)29-34)20-17-31(36)2/h6-13,15-21,24-26,28-29,40H,5,14,22-23,27,30H2,1-4H3. The fourth-order valence-electron chi connectivity index (χ4n) is 7.53. The Bertz CT molecular complexity index is 2000. The highest BCUT2D eigenvalue weighted by atomic mass is 15.1. The van der Waals surface area contributed by atoms with E-state index in [1.165, 1.54) is 77.8 Å². The lowest BCUT2D eigenvalue weighted by molar-refractivity contribution is 0.620. The summed E-state index contributed by atoms with van der Waals surface area (Å²) in [6.07, 6.45) is 9.74. The number of hydrogen-bond donors (Lipinski definition) is 0. The maximum Gasteiger partial charge on any atom is 0.0449 e. The molecular weight excluding hydrogens is 555 g/mol. The van der Waals surface area contributed by atoms with E-state index in [9.17, 15) is 0 Å². The third kappa shape index (κ3) is 6.12. The lowest BCUT2D eigenvalue weighted by Gasteiger charge is -2.34. The van der Waals surface area contributed by atoms with Gasteiger partial charge < -0.3 is 4.90 Å². The zero-order chi connectivity index (χ0) is 31.6. The Labute approximate surface area is 275 Å². The van der Waals surface area contributed by atoms with Crippen molar-refractivity contribution in [2.75, 3.05) is 11.4 Å². The van der Waals surface area contributed by atoms with Crippen LogP contribution in [0.25, 0.3) is 16.8 Å². The van der Waals surface area contributed by atoms with Crippen LogP contribution in [0, 0.1) is 20.8 Å². The van der Waals surface area contributed by atoms with Crippen LogP contribution in [0.3, 0.4) is 0 Å². The Hall–Kier alpha value is -4.62.